The van der Waals surface area contributed by atoms with Gasteiger partial charge in [-0.25, -0.2) is 9.18 Å². The minimum Gasteiger partial charge on any atom is -0.462 e. The first-order valence-corrected chi connectivity index (χ1v) is 6.14. The van der Waals surface area contributed by atoms with Gasteiger partial charge in [0.15, 0.2) is 0 Å². The monoisotopic (exact) mass is 292 g/mol. The van der Waals surface area contributed by atoms with Gasteiger partial charge in [0.25, 0.3) is 0 Å². The molecule has 0 radical (unpaired) electrons. The minimum atomic E-state index is -1.07. The van der Waals surface area contributed by atoms with E-state index in [2.05, 4.69) is 0 Å². The van der Waals surface area contributed by atoms with Crippen LogP contribution in [0.2, 0.25) is 0 Å². The van der Waals surface area contributed by atoms with Crippen molar-refractivity contribution in [1.82, 2.24) is 0 Å². The van der Waals surface area contributed by atoms with Crippen LogP contribution in [0.5, 0.6) is 0 Å². The molecule has 0 bridgehead atoms. The van der Waals surface area contributed by atoms with Crippen molar-refractivity contribution in [2.24, 2.45) is 11.8 Å². The van der Waals surface area contributed by atoms with Gasteiger partial charge < -0.3 is 9.84 Å². The summed E-state index contributed by atoms with van der Waals surface area (Å²) >= 11 is 11.7. The fraction of sp³-hybridized carbons (Fsp3) is 0.417. The van der Waals surface area contributed by atoms with E-state index in [1.165, 1.54) is 18.2 Å². The van der Waals surface area contributed by atoms with E-state index in [1.54, 1.807) is 6.07 Å². The average molecular weight is 293 g/mol. The minimum absolute atomic E-state index is 0.0363. The number of hydrogen-bond donors (Lipinski definition) is 1. The highest BCUT2D eigenvalue weighted by molar-refractivity contribution is 6.51. The number of ether oxygens (including phenoxy) is 1. The third-order valence-electron chi connectivity index (χ3n) is 3.05. The molecule has 1 aromatic rings. The fourth-order valence-electron chi connectivity index (χ4n) is 1.81. The van der Waals surface area contributed by atoms with Crippen molar-refractivity contribution < 1.29 is 19.0 Å². The molecule has 2 atom stereocenters. The van der Waals surface area contributed by atoms with Crippen molar-refractivity contribution in [3.05, 3.63) is 35.6 Å². The molecule has 6 heteroatoms. The molecular weight excluding hydrogens is 282 g/mol. The Morgan fingerprint density at radius 3 is 2.61 bits per heavy atom. The molecule has 1 aromatic carbocycles. The predicted octanol–water partition coefficient (Wildman–Crippen LogP) is 2.39. The predicted molar refractivity (Wildman–Crippen MR) is 65.2 cm³/mol. The molecule has 0 heterocycles. The molecule has 0 spiro atoms. The van der Waals surface area contributed by atoms with E-state index in [0.717, 1.165) is 0 Å². The van der Waals surface area contributed by atoms with E-state index in [0.29, 0.717) is 0 Å². The van der Waals surface area contributed by atoms with Crippen LogP contribution in [-0.4, -0.2) is 28.6 Å². The van der Waals surface area contributed by atoms with Gasteiger partial charge in [-0.15, -0.1) is 23.2 Å². The number of esters is 1. The maximum absolute atomic E-state index is 13.3. The first-order chi connectivity index (χ1) is 8.48. The lowest BCUT2D eigenvalue weighted by Gasteiger charge is -2.05. The summed E-state index contributed by atoms with van der Waals surface area (Å²) in [5.41, 5.74) is -0.131. The highest BCUT2D eigenvalue weighted by atomic mass is 35.5. The van der Waals surface area contributed by atoms with Gasteiger partial charge in [-0.05, 0) is 12.1 Å². The van der Waals surface area contributed by atoms with E-state index in [1.807, 2.05) is 0 Å². The highest BCUT2D eigenvalue weighted by Gasteiger charge is 2.63. The van der Waals surface area contributed by atoms with Gasteiger partial charge in [0.2, 0.25) is 0 Å². The van der Waals surface area contributed by atoms with Crippen molar-refractivity contribution in [3.63, 3.8) is 0 Å². The number of carbonyl (C=O) groups excluding carboxylic acids is 1. The van der Waals surface area contributed by atoms with Crippen LogP contribution in [0.4, 0.5) is 4.39 Å². The van der Waals surface area contributed by atoms with Crippen LogP contribution in [-0.2, 0) is 4.74 Å². The normalized spacial score (nSPS) is 24.7. The summed E-state index contributed by atoms with van der Waals surface area (Å²) in [4.78, 5) is 11.6. The lowest BCUT2D eigenvalue weighted by molar-refractivity contribution is 0.0469. The second kappa shape index (κ2) is 5.03. The standard InChI is InChI=1S/C12H11Cl2FO3/c13-12(14)8(5-16)9(12)6-18-11(17)7-3-1-2-4-10(7)15/h1-4,8-9,16H,5-6H2/t8-,9+/m1/s1. The van der Waals surface area contributed by atoms with Crippen LogP contribution in [0, 0.1) is 17.7 Å². The van der Waals surface area contributed by atoms with Crippen molar-refractivity contribution in [1.29, 1.82) is 0 Å². The van der Waals surface area contributed by atoms with E-state index < -0.39 is 16.1 Å². The average Bonchev–Trinajstić information content (AvgIpc) is 2.87. The van der Waals surface area contributed by atoms with Gasteiger partial charge >= 0.3 is 5.97 Å². The van der Waals surface area contributed by atoms with E-state index in [4.69, 9.17) is 33.0 Å². The van der Waals surface area contributed by atoms with Gasteiger partial charge in [0.1, 0.15) is 10.2 Å². The Bertz CT molecular complexity index is 464. The molecule has 2 rings (SSSR count). The first kappa shape index (κ1) is 13.6. The zero-order valence-electron chi connectivity index (χ0n) is 9.28. The molecule has 1 saturated carbocycles. The lowest BCUT2D eigenvalue weighted by Crippen LogP contribution is -2.11. The molecule has 0 saturated heterocycles. The van der Waals surface area contributed by atoms with Crippen molar-refractivity contribution >= 4 is 29.2 Å². The number of benzene rings is 1. The smallest absolute Gasteiger partial charge is 0.341 e. The molecule has 0 amide bonds. The summed E-state index contributed by atoms with van der Waals surface area (Å²) in [6.45, 7) is -0.208. The zero-order chi connectivity index (χ0) is 13.3. The Balaban J connectivity index is 1.93. The summed E-state index contributed by atoms with van der Waals surface area (Å²) in [6.07, 6.45) is 0. The van der Waals surface area contributed by atoms with Gasteiger partial charge in [-0.3, -0.25) is 0 Å². The van der Waals surface area contributed by atoms with Crippen molar-refractivity contribution in [3.8, 4) is 0 Å². The Morgan fingerprint density at radius 1 is 1.39 bits per heavy atom. The summed E-state index contributed by atoms with van der Waals surface area (Å²) in [5.74, 6) is -2.03. The number of aliphatic hydroxyl groups excluding tert-OH is 1. The van der Waals surface area contributed by atoms with Crippen LogP contribution in [0.1, 0.15) is 10.4 Å². The number of hydrogen-bond acceptors (Lipinski definition) is 3. The quantitative estimate of drug-likeness (QED) is 0.685. The van der Waals surface area contributed by atoms with Gasteiger partial charge in [0.05, 0.1) is 12.2 Å². The molecule has 1 aliphatic carbocycles. The van der Waals surface area contributed by atoms with E-state index in [9.17, 15) is 9.18 Å². The third kappa shape index (κ3) is 2.46. The largest absolute Gasteiger partial charge is 0.462 e. The Hall–Kier alpha value is -0.840. The maximum atomic E-state index is 13.3. The number of carbonyl (C=O) groups is 1. The van der Waals surface area contributed by atoms with Crippen LogP contribution in [0.3, 0.4) is 0 Å². The SMILES string of the molecule is O=C(OC[C@H]1[C@@H](CO)C1(Cl)Cl)c1ccccc1F. The number of rotatable bonds is 4. The second-order valence-corrected chi connectivity index (χ2v) is 5.59. The van der Waals surface area contributed by atoms with Crippen molar-refractivity contribution in [2.45, 2.75) is 4.33 Å². The van der Waals surface area contributed by atoms with Crippen LogP contribution < -0.4 is 0 Å². The van der Waals surface area contributed by atoms with E-state index >= 15 is 0 Å². The first-order valence-electron chi connectivity index (χ1n) is 5.38. The summed E-state index contributed by atoms with van der Waals surface area (Å²) in [7, 11) is 0. The topological polar surface area (TPSA) is 46.5 Å². The highest BCUT2D eigenvalue weighted by Crippen LogP contribution is 2.58. The molecule has 0 aromatic heterocycles. The van der Waals surface area contributed by atoms with Gasteiger partial charge in [-0.1, -0.05) is 12.1 Å². The Morgan fingerprint density at radius 2 is 2.06 bits per heavy atom. The summed E-state index contributed by atoms with van der Waals surface area (Å²) in [5, 5.41) is 8.97. The van der Waals surface area contributed by atoms with Gasteiger partial charge in [-0.2, -0.15) is 0 Å². The van der Waals surface area contributed by atoms with Crippen LogP contribution in [0.25, 0.3) is 0 Å². The number of alkyl halides is 2. The second-order valence-electron chi connectivity index (χ2n) is 4.15. The van der Waals surface area contributed by atoms with Crippen molar-refractivity contribution in [2.75, 3.05) is 13.2 Å². The fourth-order valence-corrected chi connectivity index (χ4v) is 2.55. The third-order valence-corrected chi connectivity index (χ3v) is 4.17. The molecule has 18 heavy (non-hydrogen) atoms. The Kier molecular flexibility index (Phi) is 3.80. The van der Waals surface area contributed by atoms with Gasteiger partial charge in [0, 0.05) is 18.4 Å². The number of aliphatic hydroxyl groups is 1. The molecule has 98 valence electrons. The summed E-state index contributed by atoms with van der Waals surface area (Å²) < 4.78 is 17.2. The zero-order valence-corrected chi connectivity index (χ0v) is 10.8. The molecular formula is C12H11Cl2FO3. The number of halogens is 3. The van der Waals surface area contributed by atoms with E-state index in [-0.39, 0.29) is 30.6 Å². The van der Waals surface area contributed by atoms with Crippen LogP contribution >= 0.6 is 23.2 Å². The maximum Gasteiger partial charge on any atom is 0.341 e. The van der Waals surface area contributed by atoms with Crippen LogP contribution in [0.15, 0.2) is 24.3 Å². The summed E-state index contributed by atoms with van der Waals surface area (Å²) in [6, 6.07) is 5.54. The molecule has 3 nitrogen and oxygen atoms in total. The Labute approximate surface area is 113 Å². The molecule has 0 unspecified atom stereocenters. The molecule has 1 N–H and O–H groups in total. The lowest BCUT2D eigenvalue weighted by atomic mass is 10.2. The molecule has 0 aliphatic heterocycles. The molecule has 1 fully saturated rings. The molecule has 1 aliphatic rings.